The fraction of sp³-hybridized carbons (Fsp3) is 0.500. The maximum Gasteiger partial charge on any atom is 0.217 e. The maximum atomic E-state index is 10.5. The molecule has 0 atom stereocenters. The molecule has 0 fully saturated rings. The number of hydrogen-bond donors (Lipinski definition) is 1. The van der Waals surface area contributed by atoms with Gasteiger partial charge in [-0.25, -0.2) is 4.98 Å². The van der Waals surface area contributed by atoms with Crippen molar-refractivity contribution in [1.29, 1.82) is 0 Å². The Morgan fingerprint density at radius 1 is 1.75 bits per heavy atom. The lowest BCUT2D eigenvalue weighted by atomic mass is 10.4. The van der Waals surface area contributed by atoms with Crippen molar-refractivity contribution in [3.05, 3.63) is 17.8 Å². The van der Waals surface area contributed by atoms with E-state index in [2.05, 4.69) is 10.3 Å². The SMILES string of the molecule is CCc1cnc(CNC(C)=O)o1. The van der Waals surface area contributed by atoms with Crippen LogP contribution in [0.3, 0.4) is 0 Å². The summed E-state index contributed by atoms with van der Waals surface area (Å²) in [6, 6.07) is 0. The fourth-order valence-corrected chi connectivity index (χ4v) is 0.793. The van der Waals surface area contributed by atoms with E-state index in [0.717, 1.165) is 12.2 Å². The minimum Gasteiger partial charge on any atom is -0.444 e. The zero-order valence-corrected chi connectivity index (χ0v) is 7.26. The van der Waals surface area contributed by atoms with Crippen molar-refractivity contribution in [2.45, 2.75) is 26.8 Å². The topological polar surface area (TPSA) is 55.1 Å². The molecule has 0 saturated heterocycles. The molecule has 1 rings (SSSR count). The van der Waals surface area contributed by atoms with Crippen LogP contribution >= 0.6 is 0 Å². The Kier molecular flexibility index (Phi) is 2.85. The number of nitrogens with zero attached hydrogens (tertiary/aromatic N) is 1. The molecular weight excluding hydrogens is 156 g/mol. The highest BCUT2D eigenvalue weighted by Crippen LogP contribution is 2.03. The van der Waals surface area contributed by atoms with E-state index >= 15 is 0 Å². The van der Waals surface area contributed by atoms with Gasteiger partial charge in [-0.2, -0.15) is 0 Å². The van der Waals surface area contributed by atoms with Gasteiger partial charge in [0.15, 0.2) is 0 Å². The van der Waals surface area contributed by atoms with Crippen molar-refractivity contribution < 1.29 is 9.21 Å². The van der Waals surface area contributed by atoms with Gasteiger partial charge in [0.2, 0.25) is 11.8 Å². The van der Waals surface area contributed by atoms with Gasteiger partial charge in [0.1, 0.15) is 5.76 Å². The predicted octanol–water partition coefficient (Wildman–Crippen LogP) is 0.873. The number of carbonyl (C=O) groups is 1. The number of aromatic nitrogens is 1. The van der Waals surface area contributed by atoms with Crippen molar-refractivity contribution in [3.63, 3.8) is 0 Å². The van der Waals surface area contributed by atoms with Gasteiger partial charge in [-0.1, -0.05) is 6.92 Å². The number of oxazole rings is 1. The monoisotopic (exact) mass is 168 g/mol. The highest BCUT2D eigenvalue weighted by Gasteiger charge is 2.01. The quantitative estimate of drug-likeness (QED) is 0.728. The van der Waals surface area contributed by atoms with E-state index in [1.54, 1.807) is 6.20 Å². The standard InChI is InChI=1S/C8H12N2O2/c1-3-7-4-10-8(12-7)5-9-6(2)11/h4H,3,5H2,1-2H3,(H,9,11). The van der Waals surface area contributed by atoms with Crippen LogP contribution in [0.1, 0.15) is 25.5 Å². The largest absolute Gasteiger partial charge is 0.444 e. The highest BCUT2D eigenvalue weighted by atomic mass is 16.4. The number of amides is 1. The van der Waals surface area contributed by atoms with Gasteiger partial charge in [-0.15, -0.1) is 0 Å². The van der Waals surface area contributed by atoms with E-state index in [-0.39, 0.29) is 5.91 Å². The number of carbonyl (C=O) groups excluding carboxylic acids is 1. The Bertz CT molecular complexity index is 268. The molecule has 12 heavy (non-hydrogen) atoms. The second kappa shape index (κ2) is 3.90. The van der Waals surface area contributed by atoms with Crippen LogP contribution in [0.25, 0.3) is 0 Å². The molecule has 1 heterocycles. The third-order valence-corrected chi connectivity index (χ3v) is 1.44. The van der Waals surface area contributed by atoms with Crippen molar-refractivity contribution in [1.82, 2.24) is 10.3 Å². The van der Waals surface area contributed by atoms with Gasteiger partial charge >= 0.3 is 0 Å². The van der Waals surface area contributed by atoms with Crippen LogP contribution in [0.5, 0.6) is 0 Å². The van der Waals surface area contributed by atoms with Gasteiger partial charge in [-0.05, 0) is 0 Å². The average molecular weight is 168 g/mol. The van der Waals surface area contributed by atoms with E-state index in [1.165, 1.54) is 6.92 Å². The average Bonchev–Trinajstić information content (AvgIpc) is 2.48. The van der Waals surface area contributed by atoms with Gasteiger partial charge in [-0.3, -0.25) is 4.79 Å². The van der Waals surface area contributed by atoms with Crippen LogP contribution in [-0.2, 0) is 17.8 Å². The number of hydrogen-bond acceptors (Lipinski definition) is 3. The lowest BCUT2D eigenvalue weighted by molar-refractivity contribution is -0.119. The molecule has 4 heteroatoms. The van der Waals surface area contributed by atoms with Crippen molar-refractivity contribution >= 4 is 5.91 Å². The first-order chi connectivity index (χ1) is 5.72. The summed E-state index contributed by atoms with van der Waals surface area (Å²) in [5, 5.41) is 2.60. The zero-order valence-electron chi connectivity index (χ0n) is 7.26. The van der Waals surface area contributed by atoms with Gasteiger partial charge in [0.05, 0.1) is 12.7 Å². The van der Waals surface area contributed by atoms with Crippen LogP contribution in [0.2, 0.25) is 0 Å². The molecule has 0 bridgehead atoms. The third-order valence-electron chi connectivity index (χ3n) is 1.44. The lowest BCUT2D eigenvalue weighted by Gasteiger charge is -1.95. The molecular formula is C8H12N2O2. The third kappa shape index (κ3) is 2.38. The Hall–Kier alpha value is -1.32. The number of nitrogens with one attached hydrogen (secondary N) is 1. The molecule has 0 unspecified atom stereocenters. The first kappa shape index (κ1) is 8.77. The van der Waals surface area contributed by atoms with Crippen LogP contribution < -0.4 is 5.32 Å². The molecule has 1 N–H and O–H groups in total. The highest BCUT2D eigenvalue weighted by molar-refractivity contribution is 5.72. The Balaban J connectivity index is 2.47. The molecule has 0 aliphatic carbocycles. The van der Waals surface area contributed by atoms with Crippen LogP contribution in [0.4, 0.5) is 0 Å². The summed E-state index contributed by atoms with van der Waals surface area (Å²) in [6.45, 7) is 3.82. The molecule has 66 valence electrons. The summed E-state index contributed by atoms with van der Waals surface area (Å²) in [4.78, 5) is 14.5. The van der Waals surface area contributed by atoms with E-state index in [9.17, 15) is 4.79 Å². The first-order valence-electron chi connectivity index (χ1n) is 3.90. The maximum absolute atomic E-state index is 10.5. The van der Waals surface area contributed by atoms with Crippen molar-refractivity contribution in [3.8, 4) is 0 Å². The molecule has 0 aliphatic heterocycles. The van der Waals surface area contributed by atoms with Gasteiger partial charge < -0.3 is 9.73 Å². The summed E-state index contributed by atoms with van der Waals surface area (Å²) >= 11 is 0. The van der Waals surface area contributed by atoms with Gasteiger partial charge in [0.25, 0.3) is 0 Å². The fourth-order valence-electron chi connectivity index (χ4n) is 0.793. The minimum absolute atomic E-state index is 0.0775. The van der Waals surface area contributed by atoms with E-state index < -0.39 is 0 Å². The molecule has 0 saturated carbocycles. The lowest BCUT2D eigenvalue weighted by Crippen LogP contribution is -2.18. The normalized spacial score (nSPS) is 9.83. The smallest absolute Gasteiger partial charge is 0.217 e. The minimum atomic E-state index is -0.0775. The van der Waals surface area contributed by atoms with Crippen LogP contribution in [0, 0.1) is 0 Å². The second-order valence-electron chi connectivity index (χ2n) is 2.48. The van der Waals surface area contributed by atoms with E-state index in [1.807, 2.05) is 6.92 Å². The summed E-state index contributed by atoms with van der Waals surface area (Å²) in [5.41, 5.74) is 0. The summed E-state index contributed by atoms with van der Waals surface area (Å²) in [7, 11) is 0. The Labute approximate surface area is 71.0 Å². The number of rotatable bonds is 3. The summed E-state index contributed by atoms with van der Waals surface area (Å²) in [5.74, 6) is 1.32. The molecule has 1 aromatic rings. The van der Waals surface area contributed by atoms with E-state index in [4.69, 9.17) is 4.42 Å². The molecule has 0 aromatic carbocycles. The molecule has 4 nitrogen and oxygen atoms in total. The van der Waals surface area contributed by atoms with Crippen molar-refractivity contribution in [2.24, 2.45) is 0 Å². The molecule has 0 spiro atoms. The number of aryl methyl sites for hydroxylation is 1. The van der Waals surface area contributed by atoms with Gasteiger partial charge in [0, 0.05) is 13.3 Å². The summed E-state index contributed by atoms with van der Waals surface area (Å²) < 4.78 is 5.26. The van der Waals surface area contributed by atoms with Crippen LogP contribution in [-0.4, -0.2) is 10.9 Å². The molecule has 0 aliphatic rings. The predicted molar refractivity (Wildman–Crippen MR) is 43.4 cm³/mol. The second-order valence-corrected chi connectivity index (χ2v) is 2.48. The molecule has 0 radical (unpaired) electrons. The van der Waals surface area contributed by atoms with Crippen LogP contribution in [0.15, 0.2) is 10.6 Å². The molecule has 1 amide bonds. The Morgan fingerprint density at radius 2 is 2.50 bits per heavy atom. The van der Waals surface area contributed by atoms with Crippen molar-refractivity contribution in [2.75, 3.05) is 0 Å². The first-order valence-corrected chi connectivity index (χ1v) is 3.90. The summed E-state index contributed by atoms with van der Waals surface area (Å²) in [6.07, 6.45) is 2.50. The Morgan fingerprint density at radius 3 is 3.00 bits per heavy atom. The molecule has 1 aromatic heterocycles. The van der Waals surface area contributed by atoms with E-state index in [0.29, 0.717) is 12.4 Å². The zero-order chi connectivity index (χ0) is 8.97.